The van der Waals surface area contributed by atoms with Gasteiger partial charge in [-0.05, 0) is 45.4 Å². The molecule has 0 fully saturated rings. The predicted octanol–water partition coefficient (Wildman–Crippen LogP) is 2.32. The third kappa shape index (κ3) is 4.53. The van der Waals surface area contributed by atoms with Crippen LogP contribution in [-0.4, -0.2) is 24.6 Å². The average Bonchev–Trinajstić information content (AvgIpc) is 2.38. The summed E-state index contributed by atoms with van der Waals surface area (Å²) in [6, 6.07) is 6.06. The molecule has 0 saturated heterocycles. The second kappa shape index (κ2) is 7.29. The molecule has 1 aromatic carbocycles. The van der Waals surface area contributed by atoms with Crippen molar-refractivity contribution in [3.05, 3.63) is 29.3 Å². The molecule has 1 amide bonds. The highest BCUT2D eigenvalue weighted by Crippen LogP contribution is 2.20. The zero-order valence-electron chi connectivity index (χ0n) is 13.0. The third-order valence-corrected chi connectivity index (χ3v) is 3.50. The maximum atomic E-state index is 11.6. The van der Waals surface area contributed by atoms with Gasteiger partial charge in [0.1, 0.15) is 5.75 Å². The number of carbonyl (C=O) groups is 1. The van der Waals surface area contributed by atoms with Crippen LogP contribution in [0.5, 0.6) is 5.75 Å². The first kappa shape index (κ1) is 16.5. The van der Waals surface area contributed by atoms with E-state index >= 15 is 0 Å². The Hall–Kier alpha value is -1.55. The molecule has 3 N–H and O–H groups in total. The van der Waals surface area contributed by atoms with Crippen LogP contribution in [0.25, 0.3) is 0 Å². The largest absolute Gasteiger partial charge is 0.493 e. The van der Waals surface area contributed by atoms with Crippen LogP contribution < -0.4 is 15.8 Å². The van der Waals surface area contributed by atoms with Crippen LogP contribution in [0.15, 0.2) is 18.2 Å². The molecule has 0 bridgehead atoms. The van der Waals surface area contributed by atoms with Gasteiger partial charge in [-0.15, -0.1) is 0 Å². The number of hydrogen-bond donors (Lipinski definition) is 2. The molecular weight excluding hydrogens is 252 g/mol. The van der Waals surface area contributed by atoms with Crippen LogP contribution in [0.3, 0.4) is 0 Å². The summed E-state index contributed by atoms with van der Waals surface area (Å²) in [6.07, 6.45) is 1.51. The van der Waals surface area contributed by atoms with Crippen LogP contribution in [0.2, 0.25) is 0 Å². The van der Waals surface area contributed by atoms with Gasteiger partial charge in [0.25, 0.3) is 0 Å². The van der Waals surface area contributed by atoms with Crippen LogP contribution in [0.1, 0.15) is 37.8 Å². The van der Waals surface area contributed by atoms with Crippen LogP contribution in [0, 0.1) is 13.8 Å². The highest BCUT2D eigenvalue weighted by atomic mass is 16.5. The molecule has 1 unspecified atom stereocenters. The number of carbonyl (C=O) groups excluding carboxylic acids is 1. The maximum Gasteiger partial charge on any atom is 0.237 e. The summed E-state index contributed by atoms with van der Waals surface area (Å²) >= 11 is 0. The van der Waals surface area contributed by atoms with Gasteiger partial charge in [-0.25, -0.2) is 0 Å². The molecule has 1 rings (SSSR count). The number of hydrogen-bond acceptors (Lipinski definition) is 3. The first-order valence-corrected chi connectivity index (χ1v) is 7.14. The molecule has 0 saturated carbocycles. The van der Waals surface area contributed by atoms with Crippen LogP contribution in [-0.2, 0) is 4.79 Å². The van der Waals surface area contributed by atoms with Crippen molar-refractivity contribution < 1.29 is 9.53 Å². The van der Waals surface area contributed by atoms with E-state index in [9.17, 15) is 4.79 Å². The van der Waals surface area contributed by atoms with Gasteiger partial charge in [0, 0.05) is 6.42 Å². The quantitative estimate of drug-likeness (QED) is 0.767. The number of nitrogens with one attached hydrogen (secondary N) is 1. The second-order valence-electron chi connectivity index (χ2n) is 5.49. The Balaban J connectivity index is 2.58. The van der Waals surface area contributed by atoms with Gasteiger partial charge in [-0.2, -0.15) is 0 Å². The molecule has 1 atom stereocenters. The third-order valence-electron chi connectivity index (χ3n) is 3.50. The number of amides is 1. The molecule has 0 aromatic heterocycles. The number of rotatable bonds is 8. The van der Waals surface area contributed by atoms with Gasteiger partial charge in [0.05, 0.1) is 12.1 Å². The van der Waals surface area contributed by atoms with Crippen molar-refractivity contribution in [2.45, 2.75) is 46.1 Å². The van der Waals surface area contributed by atoms with E-state index in [1.165, 1.54) is 5.56 Å². The normalized spacial score (nSPS) is 13.8. The summed E-state index contributed by atoms with van der Waals surface area (Å²) in [5.41, 5.74) is 7.08. The molecule has 112 valence electrons. The smallest absolute Gasteiger partial charge is 0.237 e. The molecule has 0 spiro atoms. The number of primary amides is 1. The molecule has 0 aliphatic heterocycles. The molecule has 1 aromatic rings. The fraction of sp³-hybridized carbons (Fsp3) is 0.562. The van der Waals surface area contributed by atoms with Gasteiger partial charge < -0.3 is 15.8 Å². The number of benzene rings is 1. The van der Waals surface area contributed by atoms with Crippen molar-refractivity contribution in [3.63, 3.8) is 0 Å². The molecule has 4 nitrogen and oxygen atoms in total. The minimum Gasteiger partial charge on any atom is -0.493 e. The van der Waals surface area contributed by atoms with Gasteiger partial charge in [-0.1, -0.05) is 24.6 Å². The van der Waals surface area contributed by atoms with Crippen molar-refractivity contribution in [1.29, 1.82) is 0 Å². The number of ether oxygens (including phenoxy) is 1. The van der Waals surface area contributed by atoms with Crippen molar-refractivity contribution in [1.82, 2.24) is 5.32 Å². The highest BCUT2D eigenvalue weighted by molar-refractivity contribution is 5.84. The fourth-order valence-electron chi connectivity index (χ4n) is 2.03. The van der Waals surface area contributed by atoms with E-state index in [-0.39, 0.29) is 5.91 Å². The Labute approximate surface area is 121 Å². The monoisotopic (exact) mass is 278 g/mol. The lowest BCUT2D eigenvalue weighted by Crippen LogP contribution is -2.54. The summed E-state index contributed by atoms with van der Waals surface area (Å²) in [4.78, 5) is 11.6. The Morgan fingerprint density at radius 3 is 2.65 bits per heavy atom. The van der Waals surface area contributed by atoms with Gasteiger partial charge in [0.2, 0.25) is 5.91 Å². The van der Waals surface area contributed by atoms with Crippen LogP contribution >= 0.6 is 0 Å². The molecule has 4 heteroatoms. The molecule has 0 heterocycles. The maximum absolute atomic E-state index is 11.6. The number of nitrogens with two attached hydrogens (primary N) is 1. The minimum absolute atomic E-state index is 0.338. The summed E-state index contributed by atoms with van der Waals surface area (Å²) in [6.45, 7) is 9.18. The fourth-order valence-corrected chi connectivity index (χ4v) is 2.03. The summed E-state index contributed by atoms with van der Waals surface area (Å²) in [7, 11) is 0. The Bertz CT molecular complexity index is 460. The SMILES string of the molecule is CCCNC(C)(CCOc1ccc(C)cc1C)C(N)=O. The Kier molecular flexibility index (Phi) is 6.02. The average molecular weight is 278 g/mol. The molecule has 0 radical (unpaired) electrons. The highest BCUT2D eigenvalue weighted by Gasteiger charge is 2.29. The van der Waals surface area contributed by atoms with E-state index in [2.05, 4.69) is 25.2 Å². The number of aryl methyl sites for hydroxylation is 2. The van der Waals surface area contributed by atoms with Gasteiger partial charge in [-0.3, -0.25) is 4.79 Å². The van der Waals surface area contributed by atoms with Gasteiger partial charge in [0.15, 0.2) is 0 Å². The molecule has 0 aliphatic rings. The summed E-state index contributed by atoms with van der Waals surface area (Å²) in [5, 5.41) is 3.20. The topological polar surface area (TPSA) is 64.3 Å². The van der Waals surface area contributed by atoms with Crippen molar-refractivity contribution >= 4 is 5.91 Å². The molecular formula is C16H26N2O2. The minimum atomic E-state index is -0.714. The second-order valence-corrected chi connectivity index (χ2v) is 5.49. The summed E-state index contributed by atoms with van der Waals surface area (Å²) < 4.78 is 5.77. The lowest BCUT2D eigenvalue weighted by molar-refractivity contribution is -0.124. The van der Waals surface area contributed by atoms with E-state index in [1.54, 1.807) is 0 Å². The van der Waals surface area contributed by atoms with Crippen molar-refractivity contribution in [2.75, 3.05) is 13.2 Å². The standard InChI is InChI=1S/C16H26N2O2/c1-5-9-18-16(4,15(17)19)8-10-20-14-7-6-12(2)11-13(14)3/h6-7,11,18H,5,8-10H2,1-4H3,(H2,17,19). The van der Waals surface area contributed by atoms with Crippen LogP contribution in [0.4, 0.5) is 0 Å². The first-order chi connectivity index (χ1) is 9.39. The van der Waals surface area contributed by atoms with E-state index in [1.807, 2.05) is 26.0 Å². The lowest BCUT2D eigenvalue weighted by Gasteiger charge is -2.27. The van der Waals surface area contributed by atoms with E-state index in [0.29, 0.717) is 13.0 Å². The summed E-state index contributed by atoms with van der Waals surface area (Å²) in [5.74, 6) is 0.521. The van der Waals surface area contributed by atoms with E-state index in [4.69, 9.17) is 10.5 Å². The lowest BCUT2D eigenvalue weighted by atomic mass is 9.97. The molecule has 20 heavy (non-hydrogen) atoms. The molecule has 0 aliphatic carbocycles. The zero-order valence-corrected chi connectivity index (χ0v) is 13.0. The van der Waals surface area contributed by atoms with E-state index in [0.717, 1.165) is 24.3 Å². The van der Waals surface area contributed by atoms with E-state index < -0.39 is 5.54 Å². The van der Waals surface area contributed by atoms with Gasteiger partial charge >= 0.3 is 0 Å². The predicted molar refractivity (Wildman–Crippen MR) is 81.9 cm³/mol. The van der Waals surface area contributed by atoms with Crippen molar-refractivity contribution in [2.24, 2.45) is 5.73 Å². The van der Waals surface area contributed by atoms with Crippen molar-refractivity contribution in [3.8, 4) is 5.75 Å². The Morgan fingerprint density at radius 2 is 2.10 bits per heavy atom. The first-order valence-electron chi connectivity index (χ1n) is 7.14. The zero-order chi connectivity index (χ0) is 15.2. The Morgan fingerprint density at radius 1 is 1.40 bits per heavy atom.